The summed E-state index contributed by atoms with van der Waals surface area (Å²) in [6.07, 6.45) is -0.0789. The van der Waals surface area contributed by atoms with Crippen LogP contribution in [0.5, 0.6) is 0 Å². The number of nitrogens with one attached hydrogen (secondary N) is 2. The van der Waals surface area contributed by atoms with E-state index in [9.17, 15) is 4.79 Å². The van der Waals surface area contributed by atoms with E-state index in [1.54, 1.807) is 6.07 Å². The molecule has 0 aliphatic heterocycles. The van der Waals surface area contributed by atoms with Crippen LogP contribution in [-0.4, -0.2) is 11.7 Å². The predicted molar refractivity (Wildman–Crippen MR) is 59.8 cm³/mol. The third-order valence-corrected chi connectivity index (χ3v) is 2.15. The van der Waals surface area contributed by atoms with Gasteiger partial charge in [-0.15, -0.1) is 0 Å². The summed E-state index contributed by atoms with van der Waals surface area (Å²) in [5.74, 6) is -0.422. The first-order chi connectivity index (χ1) is 7.09. The van der Waals surface area contributed by atoms with Crippen LogP contribution >= 0.6 is 11.6 Å². The van der Waals surface area contributed by atoms with Crippen molar-refractivity contribution in [3.8, 4) is 0 Å². The standard InChI is InChI=1S/C10H12ClN3O/c11-8-4-2-1-3-7(8)6-14-10(15)5-9(12)13/h1-4H,5-6H2,(H3,12,13)(H,14,15). The van der Waals surface area contributed by atoms with Crippen molar-refractivity contribution >= 4 is 23.3 Å². The van der Waals surface area contributed by atoms with Gasteiger partial charge in [-0.3, -0.25) is 10.2 Å². The molecule has 5 heteroatoms. The lowest BCUT2D eigenvalue weighted by atomic mass is 10.2. The minimum Gasteiger partial charge on any atom is -0.387 e. The summed E-state index contributed by atoms with van der Waals surface area (Å²) in [4.78, 5) is 11.2. The van der Waals surface area contributed by atoms with Gasteiger partial charge in [0.25, 0.3) is 0 Å². The molecule has 0 fully saturated rings. The van der Waals surface area contributed by atoms with Crippen LogP contribution in [0.2, 0.25) is 5.02 Å². The summed E-state index contributed by atoms with van der Waals surface area (Å²) in [6.45, 7) is 0.353. The van der Waals surface area contributed by atoms with E-state index in [0.717, 1.165) is 5.56 Å². The van der Waals surface area contributed by atoms with Crippen LogP contribution < -0.4 is 11.1 Å². The van der Waals surface area contributed by atoms with E-state index in [0.29, 0.717) is 11.6 Å². The average molecular weight is 226 g/mol. The molecule has 4 nitrogen and oxygen atoms in total. The largest absolute Gasteiger partial charge is 0.387 e. The van der Waals surface area contributed by atoms with Gasteiger partial charge < -0.3 is 11.1 Å². The minimum atomic E-state index is -0.276. The highest BCUT2D eigenvalue weighted by Crippen LogP contribution is 2.14. The van der Waals surface area contributed by atoms with Gasteiger partial charge >= 0.3 is 0 Å². The zero-order chi connectivity index (χ0) is 11.3. The smallest absolute Gasteiger partial charge is 0.227 e. The number of carbonyl (C=O) groups excluding carboxylic acids is 1. The van der Waals surface area contributed by atoms with Crippen molar-refractivity contribution in [1.82, 2.24) is 5.32 Å². The quantitative estimate of drug-likeness (QED) is 0.533. The predicted octanol–water partition coefficient (Wildman–Crippen LogP) is 1.28. The molecule has 0 aliphatic rings. The third-order valence-electron chi connectivity index (χ3n) is 1.78. The van der Waals surface area contributed by atoms with E-state index in [2.05, 4.69) is 5.32 Å². The van der Waals surface area contributed by atoms with Gasteiger partial charge in [-0.2, -0.15) is 0 Å². The van der Waals surface area contributed by atoms with Crippen molar-refractivity contribution in [3.63, 3.8) is 0 Å². The highest BCUT2D eigenvalue weighted by molar-refractivity contribution is 6.31. The molecular weight excluding hydrogens is 214 g/mol. The molecule has 0 heterocycles. The van der Waals surface area contributed by atoms with Crippen LogP contribution in [0.3, 0.4) is 0 Å². The summed E-state index contributed by atoms with van der Waals surface area (Å²) >= 11 is 5.90. The van der Waals surface area contributed by atoms with Crippen LogP contribution in [0.15, 0.2) is 24.3 Å². The average Bonchev–Trinajstić information content (AvgIpc) is 2.15. The molecule has 0 radical (unpaired) electrons. The van der Waals surface area contributed by atoms with Gasteiger partial charge in [0, 0.05) is 11.6 Å². The second kappa shape index (κ2) is 5.36. The fraction of sp³-hybridized carbons (Fsp3) is 0.200. The topological polar surface area (TPSA) is 79.0 Å². The Morgan fingerprint density at radius 2 is 2.13 bits per heavy atom. The van der Waals surface area contributed by atoms with E-state index in [4.69, 9.17) is 22.7 Å². The second-order valence-electron chi connectivity index (χ2n) is 3.07. The lowest BCUT2D eigenvalue weighted by Crippen LogP contribution is -2.27. The highest BCUT2D eigenvalue weighted by Gasteiger charge is 2.04. The van der Waals surface area contributed by atoms with E-state index >= 15 is 0 Å². The number of rotatable bonds is 4. The number of halogens is 1. The summed E-state index contributed by atoms with van der Waals surface area (Å²) in [5, 5.41) is 10.2. The van der Waals surface area contributed by atoms with Crippen LogP contribution in [0.25, 0.3) is 0 Å². The molecule has 0 bridgehead atoms. The first-order valence-electron chi connectivity index (χ1n) is 4.42. The fourth-order valence-corrected chi connectivity index (χ4v) is 1.27. The van der Waals surface area contributed by atoms with E-state index < -0.39 is 0 Å². The van der Waals surface area contributed by atoms with E-state index in [1.807, 2.05) is 18.2 Å². The van der Waals surface area contributed by atoms with Crippen molar-refractivity contribution < 1.29 is 4.79 Å². The molecule has 0 saturated carbocycles. The van der Waals surface area contributed by atoms with Gasteiger partial charge in [0.2, 0.25) is 5.91 Å². The SMILES string of the molecule is N=C(N)CC(=O)NCc1ccccc1Cl. The summed E-state index contributed by atoms with van der Waals surface area (Å²) in [6, 6.07) is 7.26. The Kier molecular flexibility index (Phi) is 4.12. The fourth-order valence-electron chi connectivity index (χ4n) is 1.07. The zero-order valence-corrected chi connectivity index (χ0v) is 8.84. The molecule has 0 aliphatic carbocycles. The first-order valence-corrected chi connectivity index (χ1v) is 4.80. The Morgan fingerprint density at radius 3 is 2.73 bits per heavy atom. The molecule has 0 unspecified atom stereocenters. The maximum Gasteiger partial charge on any atom is 0.227 e. The molecule has 80 valence electrons. The molecular formula is C10H12ClN3O. The van der Waals surface area contributed by atoms with E-state index in [-0.39, 0.29) is 18.2 Å². The molecule has 1 amide bonds. The number of amides is 1. The first kappa shape index (κ1) is 11.5. The molecule has 0 aromatic heterocycles. The van der Waals surface area contributed by atoms with Crippen molar-refractivity contribution in [2.75, 3.05) is 0 Å². The van der Waals surface area contributed by atoms with Crippen LogP contribution in [0, 0.1) is 5.41 Å². The number of hydrogen-bond donors (Lipinski definition) is 3. The molecule has 4 N–H and O–H groups in total. The summed E-state index contributed by atoms with van der Waals surface area (Å²) in [7, 11) is 0. The molecule has 15 heavy (non-hydrogen) atoms. The normalized spacial score (nSPS) is 9.67. The Morgan fingerprint density at radius 1 is 1.47 bits per heavy atom. The molecule has 0 spiro atoms. The van der Waals surface area contributed by atoms with Crippen molar-refractivity contribution in [2.24, 2.45) is 5.73 Å². The van der Waals surface area contributed by atoms with Gasteiger partial charge in [-0.25, -0.2) is 0 Å². The van der Waals surface area contributed by atoms with Gasteiger partial charge in [-0.05, 0) is 11.6 Å². The lowest BCUT2D eigenvalue weighted by Gasteiger charge is -2.05. The third kappa shape index (κ3) is 3.99. The summed E-state index contributed by atoms with van der Waals surface area (Å²) in [5.41, 5.74) is 5.93. The minimum absolute atomic E-state index is 0.0789. The highest BCUT2D eigenvalue weighted by atomic mass is 35.5. The van der Waals surface area contributed by atoms with Crippen LogP contribution in [-0.2, 0) is 11.3 Å². The monoisotopic (exact) mass is 225 g/mol. The van der Waals surface area contributed by atoms with Gasteiger partial charge in [0.1, 0.15) is 0 Å². The van der Waals surface area contributed by atoms with Gasteiger partial charge in [0.15, 0.2) is 0 Å². The van der Waals surface area contributed by atoms with E-state index in [1.165, 1.54) is 0 Å². The van der Waals surface area contributed by atoms with Crippen LogP contribution in [0.1, 0.15) is 12.0 Å². The van der Waals surface area contributed by atoms with Gasteiger partial charge in [-0.1, -0.05) is 29.8 Å². The Balaban J connectivity index is 2.47. The maximum atomic E-state index is 11.2. The van der Waals surface area contributed by atoms with Gasteiger partial charge in [0.05, 0.1) is 12.3 Å². The number of carbonyl (C=O) groups is 1. The number of amidine groups is 1. The summed E-state index contributed by atoms with van der Waals surface area (Å²) < 4.78 is 0. The maximum absolute atomic E-state index is 11.2. The van der Waals surface area contributed by atoms with Crippen molar-refractivity contribution in [1.29, 1.82) is 5.41 Å². The molecule has 0 saturated heterocycles. The molecule has 1 aromatic rings. The lowest BCUT2D eigenvalue weighted by molar-refractivity contribution is -0.120. The Hall–Kier alpha value is -1.55. The molecule has 1 rings (SSSR count). The van der Waals surface area contributed by atoms with Crippen molar-refractivity contribution in [2.45, 2.75) is 13.0 Å². The second-order valence-corrected chi connectivity index (χ2v) is 3.48. The van der Waals surface area contributed by atoms with Crippen LogP contribution in [0.4, 0.5) is 0 Å². The number of hydrogen-bond acceptors (Lipinski definition) is 2. The molecule has 0 atom stereocenters. The Labute approximate surface area is 92.9 Å². The van der Waals surface area contributed by atoms with Crippen molar-refractivity contribution in [3.05, 3.63) is 34.9 Å². The number of nitrogens with two attached hydrogens (primary N) is 1. The number of benzene rings is 1. The zero-order valence-electron chi connectivity index (χ0n) is 8.09. The Bertz CT molecular complexity index is 379. The molecule has 1 aromatic carbocycles.